The lowest BCUT2D eigenvalue weighted by atomic mass is 10.2. The van der Waals surface area contributed by atoms with Crippen LogP contribution in [0.15, 0.2) is 48.8 Å². The molecule has 1 aromatic heterocycles. The molecule has 3 amide bonds. The van der Waals surface area contributed by atoms with Crippen molar-refractivity contribution in [3.8, 4) is 0 Å². The maximum atomic E-state index is 13.2. The summed E-state index contributed by atoms with van der Waals surface area (Å²) in [6.45, 7) is 1.50. The van der Waals surface area contributed by atoms with Gasteiger partial charge in [0.2, 0.25) is 0 Å². The zero-order chi connectivity index (χ0) is 26.1. The molecule has 2 aromatic carbocycles. The van der Waals surface area contributed by atoms with Crippen molar-refractivity contribution in [1.82, 2.24) is 20.2 Å². The molecule has 0 saturated carbocycles. The predicted molar refractivity (Wildman–Crippen MR) is 137 cm³/mol. The smallest absolute Gasteiger partial charge is 0.276 e. The minimum Gasteiger partial charge on any atom is -0.351 e. The number of nitrogens with zero attached hydrogens (tertiary/aromatic N) is 2. The third kappa shape index (κ3) is 7.62. The van der Waals surface area contributed by atoms with E-state index in [0.717, 1.165) is 37.9 Å². The van der Waals surface area contributed by atoms with E-state index in [1.807, 2.05) is 14.1 Å². The first kappa shape index (κ1) is 26.8. The Hall–Kier alpha value is -3.76. The standard InChI is InChI=1S/C25H28ClFN6O3/c1-33(2)13-5-3-4-12-28-24(35)21-22(30-15-29-21)25(36)32-18-9-7-17(8-10-18)31-23(34)19-11-6-16(27)14-20(19)26/h6-11,14-15H,3-5,12-13H2,1-2H3,(H,28,35)(H,29,30)(H,31,34)(H,32,36). The average Bonchev–Trinajstić information content (AvgIpc) is 3.32. The van der Waals surface area contributed by atoms with Crippen LogP contribution in [0.2, 0.25) is 5.02 Å². The predicted octanol–water partition coefficient (Wildman–Crippen LogP) is 4.17. The molecule has 1 heterocycles. The molecule has 0 unspecified atom stereocenters. The third-order valence-corrected chi connectivity index (χ3v) is 5.54. The molecule has 9 nitrogen and oxygen atoms in total. The first-order valence-corrected chi connectivity index (χ1v) is 11.8. The summed E-state index contributed by atoms with van der Waals surface area (Å²) in [5, 5.41) is 8.14. The number of aromatic amines is 1. The molecule has 0 aliphatic rings. The van der Waals surface area contributed by atoms with Gasteiger partial charge in [-0.05, 0) is 75.9 Å². The molecule has 3 aromatic rings. The fourth-order valence-electron chi connectivity index (χ4n) is 3.36. The van der Waals surface area contributed by atoms with Crippen LogP contribution in [0.4, 0.5) is 15.8 Å². The monoisotopic (exact) mass is 514 g/mol. The van der Waals surface area contributed by atoms with E-state index in [0.29, 0.717) is 17.9 Å². The normalized spacial score (nSPS) is 10.8. The molecule has 0 radical (unpaired) electrons. The number of halogens is 2. The van der Waals surface area contributed by atoms with Gasteiger partial charge < -0.3 is 25.8 Å². The number of hydrogen-bond donors (Lipinski definition) is 4. The Morgan fingerprint density at radius 2 is 1.61 bits per heavy atom. The second-order valence-corrected chi connectivity index (χ2v) is 8.76. The Morgan fingerprint density at radius 3 is 2.25 bits per heavy atom. The van der Waals surface area contributed by atoms with Crippen LogP contribution in [-0.4, -0.2) is 59.8 Å². The van der Waals surface area contributed by atoms with Crippen LogP contribution in [0.1, 0.15) is 50.6 Å². The molecule has 11 heteroatoms. The highest BCUT2D eigenvalue weighted by Crippen LogP contribution is 2.20. The number of unbranched alkanes of at least 4 members (excludes halogenated alkanes) is 2. The Morgan fingerprint density at radius 1 is 0.944 bits per heavy atom. The Kier molecular flexibility index (Phi) is 9.54. The first-order chi connectivity index (χ1) is 17.2. The summed E-state index contributed by atoms with van der Waals surface area (Å²) in [6, 6.07) is 9.84. The Balaban J connectivity index is 1.53. The lowest BCUT2D eigenvalue weighted by Gasteiger charge is -2.10. The summed E-state index contributed by atoms with van der Waals surface area (Å²) in [6.07, 6.45) is 4.16. The number of carbonyl (C=O) groups excluding carboxylic acids is 3. The van der Waals surface area contributed by atoms with E-state index in [1.165, 1.54) is 12.4 Å². The van der Waals surface area contributed by atoms with Gasteiger partial charge in [-0.3, -0.25) is 14.4 Å². The quantitative estimate of drug-likeness (QED) is 0.286. The fourth-order valence-corrected chi connectivity index (χ4v) is 3.61. The molecule has 3 rings (SSSR count). The van der Waals surface area contributed by atoms with Gasteiger partial charge in [0.25, 0.3) is 17.7 Å². The highest BCUT2D eigenvalue weighted by atomic mass is 35.5. The fraction of sp³-hybridized carbons (Fsp3) is 0.280. The summed E-state index contributed by atoms with van der Waals surface area (Å²) < 4.78 is 13.2. The number of imidazole rings is 1. The van der Waals surface area contributed by atoms with Crippen LogP contribution in [0.3, 0.4) is 0 Å². The van der Waals surface area contributed by atoms with Crippen LogP contribution >= 0.6 is 11.6 Å². The van der Waals surface area contributed by atoms with Gasteiger partial charge in [-0.25, -0.2) is 9.37 Å². The summed E-state index contributed by atoms with van der Waals surface area (Å²) in [5.41, 5.74) is 1.08. The van der Waals surface area contributed by atoms with Gasteiger partial charge in [-0.2, -0.15) is 0 Å². The van der Waals surface area contributed by atoms with Crippen LogP contribution in [0.25, 0.3) is 0 Å². The molecule has 0 aliphatic carbocycles. The van der Waals surface area contributed by atoms with E-state index in [2.05, 4.69) is 30.8 Å². The molecule has 190 valence electrons. The second-order valence-electron chi connectivity index (χ2n) is 8.36. The summed E-state index contributed by atoms with van der Waals surface area (Å²) in [5.74, 6) is -1.99. The van der Waals surface area contributed by atoms with Crippen molar-refractivity contribution in [3.05, 3.63) is 76.6 Å². The minimum absolute atomic E-state index is 0.000413. The molecule has 0 bridgehead atoms. The average molecular weight is 515 g/mol. The highest BCUT2D eigenvalue weighted by molar-refractivity contribution is 6.34. The molecular formula is C25H28ClFN6O3. The number of H-pyrrole nitrogens is 1. The number of anilines is 2. The van der Waals surface area contributed by atoms with Gasteiger partial charge in [0, 0.05) is 17.9 Å². The van der Waals surface area contributed by atoms with E-state index < -0.39 is 23.5 Å². The van der Waals surface area contributed by atoms with E-state index >= 15 is 0 Å². The summed E-state index contributed by atoms with van der Waals surface area (Å²) >= 11 is 5.93. The lowest BCUT2D eigenvalue weighted by molar-refractivity contribution is 0.0934. The number of amides is 3. The van der Waals surface area contributed by atoms with Crippen molar-refractivity contribution in [2.75, 3.05) is 37.8 Å². The maximum absolute atomic E-state index is 13.2. The maximum Gasteiger partial charge on any atom is 0.276 e. The minimum atomic E-state index is -0.553. The van der Waals surface area contributed by atoms with E-state index in [4.69, 9.17) is 11.6 Å². The number of benzene rings is 2. The van der Waals surface area contributed by atoms with Gasteiger partial charge in [0.1, 0.15) is 11.5 Å². The number of hydrogen-bond acceptors (Lipinski definition) is 5. The van der Waals surface area contributed by atoms with Gasteiger partial charge in [-0.15, -0.1) is 0 Å². The molecule has 0 atom stereocenters. The van der Waals surface area contributed by atoms with Gasteiger partial charge in [-0.1, -0.05) is 18.0 Å². The third-order valence-electron chi connectivity index (χ3n) is 5.23. The zero-order valence-corrected chi connectivity index (χ0v) is 20.8. The van der Waals surface area contributed by atoms with E-state index in [-0.39, 0.29) is 22.0 Å². The van der Waals surface area contributed by atoms with Gasteiger partial charge in [0.15, 0.2) is 5.69 Å². The number of carbonyl (C=O) groups is 3. The van der Waals surface area contributed by atoms with Gasteiger partial charge >= 0.3 is 0 Å². The lowest BCUT2D eigenvalue weighted by Crippen LogP contribution is -2.27. The van der Waals surface area contributed by atoms with Crippen molar-refractivity contribution < 1.29 is 18.8 Å². The number of rotatable bonds is 11. The first-order valence-electron chi connectivity index (χ1n) is 11.4. The van der Waals surface area contributed by atoms with Crippen molar-refractivity contribution in [3.63, 3.8) is 0 Å². The van der Waals surface area contributed by atoms with E-state index in [1.54, 1.807) is 24.3 Å². The van der Waals surface area contributed by atoms with Crippen molar-refractivity contribution in [1.29, 1.82) is 0 Å². The molecule has 0 fully saturated rings. The second kappa shape index (κ2) is 12.8. The molecule has 0 saturated heterocycles. The Bertz CT molecular complexity index is 1210. The van der Waals surface area contributed by atoms with Crippen LogP contribution in [0.5, 0.6) is 0 Å². The molecule has 0 aliphatic heterocycles. The van der Waals surface area contributed by atoms with Crippen molar-refractivity contribution in [2.24, 2.45) is 0 Å². The zero-order valence-electron chi connectivity index (χ0n) is 20.0. The van der Waals surface area contributed by atoms with Crippen LogP contribution in [-0.2, 0) is 0 Å². The number of aromatic nitrogens is 2. The van der Waals surface area contributed by atoms with Crippen LogP contribution < -0.4 is 16.0 Å². The van der Waals surface area contributed by atoms with Gasteiger partial charge in [0.05, 0.1) is 16.9 Å². The largest absolute Gasteiger partial charge is 0.351 e. The highest BCUT2D eigenvalue weighted by Gasteiger charge is 2.20. The Labute approximate surface area is 213 Å². The van der Waals surface area contributed by atoms with Crippen molar-refractivity contribution >= 4 is 40.7 Å². The van der Waals surface area contributed by atoms with E-state index in [9.17, 15) is 18.8 Å². The molecule has 4 N–H and O–H groups in total. The molecule has 0 spiro atoms. The molecule has 36 heavy (non-hydrogen) atoms. The van der Waals surface area contributed by atoms with Crippen LogP contribution in [0, 0.1) is 5.82 Å². The summed E-state index contributed by atoms with van der Waals surface area (Å²) in [7, 11) is 4.04. The summed E-state index contributed by atoms with van der Waals surface area (Å²) in [4.78, 5) is 46.4. The SMILES string of the molecule is CN(C)CCCCCNC(=O)c1[nH]cnc1C(=O)Nc1ccc(NC(=O)c2ccc(F)cc2Cl)cc1. The molecular weight excluding hydrogens is 487 g/mol. The van der Waals surface area contributed by atoms with Crippen molar-refractivity contribution in [2.45, 2.75) is 19.3 Å². The topological polar surface area (TPSA) is 119 Å². The number of nitrogens with one attached hydrogen (secondary N) is 4.